The summed E-state index contributed by atoms with van der Waals surface area (Å²) in [5, 5.41) is 0. The van der Waals surface area contributed by atoms with Crippen LogP contribution in [0.15, 0.2) is 93.2 Å². The minimum atomic E-state index is -0.224. The van der Waals surface area contributed by atoms with E-state index in [1.165, 1.54) is 77.2 Å². The molecular formula is C42H68O2. The van der Waals surface area contributed by atoms with Crippen LogP contribution >= 0.6 is 0 Å². The third kappa shape index (κ3) is 28.2. The van der Waals surface area contributed by atoms with Gasteiger partial charge in [0.1, 0.15) is 6.61 Å². The van der Waals surface area contributed by atoms with Gasteiger partial charge in [0, 0.05) is 6.92 Å². The Labute approximate surface area is 273 Å². The maximum absolute atomic E-state index is 10.8. The zero-order valence-electron chi connectivity index (χ0n) is 30.5. The fourth-order valence-electron chi connectivity index (χ4n) is 4.88. The Balaban J connectivity index is 4.20. The Kier molecular flexibility index (Phi) is 25.2. The number of esters is 1. The molecule has 0 radical (unpaired) electrons. The van der Waals surface area contributed by atoms with Gasteiger partial charge in [0.05, 0.1) is 0 Å². The number of carbonyl (C=O) groups excluding carboxylic acids is 1. The molecule has 0 aromatic heterocycles. The third-order valence-electron chi connectivity index (χ3n) is 8.00. The van der Waals surface area contributed by atoms with Gasteiger partial charge in [-0.2, -0.15) is 0 Å². The summed E-state index contributed by atoms with van der Waals surface area (Å²) in [6, 6.07) is 0. The second-order valence-corrected chi connectivity index (χ2v) is 13.2. The zero-order valence-corrected chi connectivity index (χ0v) is 30.5. The standard InChI is InChI=1S/C42H68O2/c1-34(2)18-11-19-35(3)20-12-21-36(4)22-13-23-37(5)24-14-25-38(6)26-15-27-39(7)28-16-29-40(8)30-17-31-41(9)32-33-44-42(10)43/h18,20,22,24,26,28,30,32H,11-17,19,21,23,25,27,29,31,33H2,1-10H3. The molecule has 0 aliphatic heterocycles. The first-order valence-electron chi connectivity index (χ1n) is 17.2. The largest absolute Gasteiger partial charge is 0.462 e. The quantitative estimate of drug-likeness (QED) is 0.0856. The minimum Gasteiger partial charge on any atom is -0.462 e. The van der Waals surface area contributed by atoms with Gasteiger partial charge in [0.2, 0.25) is 0 Å². The van der Waals surface area contributed by atoms with Crippen molar-refractivity contribution >= 4 is 5.97 Å². The van der Waals surface area contributed by atoms with Gasteiger partial charge < -0.3 is 4.74 Å². The molecule has 0 unspecified atom stereocenters. The number of ether oxygens (including phenoxy) is 1. The fourth-order valence-corrected chi connectivity index (χ4v) is 4.88. The highest BCUT2D eigenvalue weighted by atomic mass is 16.5. The summed E-state index contributed by atoms with van der Waals surface area (Å²) in [5.41, 5.74) is 11.7. The van der Waals surface area contributed by atoms with E-state index in [0.29, 0.717) is 6.61 Å². The normalized spacial score (nSPS) is 14.3. The molecule has 248 valence electrons. The molecular weight excluding hydrogens is 536 g/mol. The highest BCUT2D eigenvalue weighted by Gasteiger charge is 1.97. The van der Waals surface area contributed by atoms with Crippen molar-refractivity contribution in [2.45, 2.75) is 159 Å². The Hall–Kier alpha value is -2.61. The van der Waals surface area contributed by atoms with Gasteiger partial charge in [-0.3, -0.25) is 4.79 Å². The molecule has 0 fully saturated rings. The summed E-state index contributed by atoms with van der Waals surface area (Å²) in [5.74, 6) is -0.224. The highest BCUT2D eigenvalue weighted by molar-refractivity contribution is 5.66. The summed E-state index contributed by atoms with van der Waals surface area (Å²) in [7, 11) is 0. The smallest absolute Gasteiger partial charge is 0.302 e. The van der Waals surface area contributed by atoms with Gasteiger partial charge >= 0.3 is 5.97 Å². The van der Waals surface area contributed by atoms with Crippen LogP contribution in [0, 0.1) is 0 Å². The van der Waals surface area contributed by atoms with Crippen LogP contribution in [-0.4, -0.2) is 12.6 Å². The summed E-state index contributed by atoms with van der Waals surface area (Å²) in [4.78, 5) is 10.8. The number of rotatable bonds is 23. The third-order valence-corrected chi connectivity index (χ3v) is 8.00. The molecule has 0 rings (SSSR count). The molecule has 0 bridgehead atoms. The van der Waals surface area contributed by atoms with Gasteiger partial charge in [-0.25, -0.2) is 0 Å². The van der Waals surface area contributed by atoms with E-state index in [0.717, 1.165) is 64.2 Å². The van der Waals surface area contributed by atoms with E-state index in [-0.39, 0.29) is 5.97 Å². The van der Waals surface area contributed by atoms with Gasteiger partial charge in [-0.05, 0) is 158 Å². The fraction of sp³-hybridized carbons (Fsp3) is 0.595. The first-order chi connectivity index (χ1) is 20.9. The Morgan fingerprint density at radius 1 is 0.364 bits per heavy atom. The Morgan fingerprint density at radius 2 is 0.591 bits per heavy atom. The lowest BCUT2D eigenvalue weighted by atomic mass is 10.0. The van der Waals surface area contributed by atoms with Crippen molar-refractivity contribution in [3.05, 3.63) is 93.2 Å². The lowest BCUT2D eigenvalue weighted by molar-refractivity contribution is -0.139. The Bertz CT molecular complexity index is 1060. The molecule has 0 aromatic rings. The van der Waals surface area contributed by atoms with E-state index in [1.807, 2.05) is 6.08 Å². The average molecular weight is 605 g/mol. The first kappa shape index (κ1) is 41.4. The molecule has 2 heteroatoms. The topological polar surface area (TPSA) is 26.3 Å². The van der Waals surface area contributed by atoms with Crippen LogP contribution < -0.4 is 0 Å². The van der Waals surface area contributed by atoms with Gasteiger partial charge in [0.25, 0.3) is 0 Å². The minimum absolute atomic E-state index is 0.224. The van der Waals surface area contributed by atoms with Crippen molar-refractivity contribution in [2.75, 3.05) is 6.61 Å². The van der Waals surface area contributed by atoms with E-state index >= 15 is 0 Å². The van der Waals surface area contributed by atoms with Crippen LogP contribution in [0.1, 0.15) is 159 Å². The van der Waals surface area contributed by atoms with Crippen molar-refractivity contribution in [1.29, 1.82) is 0 Å². The van der Waals surface area contributed by atoms with E-state index in [1.54, 1.807) is 0 Å². The molecule has 0 aliphatic rings. The van der Waals surface area contributed by atoms with E-state index in [2.05, 4.69) is 105 Å². The zero-order chi connectivity index (χ0) is 33.2. The summed E-state index contributed by atoms with van der Waals surface area (Å²) < 4.78 is 4.98. The first-order valence-corrected chi connectivity index (χ1v) is 17.2. The predicted octanol–water partition coefficient (Wildman–Crippen LogP) is 13.6. The molecule has 0 spiro atoms. The van der Waals surface area contributed by atoms with Crippen LogP contribution in [0.4, 0.5) is 0 Å². The van der Waals surface area contributed by atoms with Crippen LogP contribution in [0.2, 0.25) is 0 Å². The number of hydrogen-bond acceptors (Lipinski definition) is 2. The molecule has 2 nitrogen and oxygen atoms in total. The van der Waals surface area contributed by atoms with Crippen molar-refractivity contribution in [1.82, 2.24) is 0 Å². The molecule has 0 N–H and O–H groups in total. The summed E-state index contributed by atoms with van der Waals surface area (Å²) in [6.45, 7) is 21.9. The molecule has 0 atom stereocenters. The van der Waals surface area contributed by atoms with Gasteiger partial charge in [0.15, 0.2) is 0 Å². The maximum atomic E-state index is 10.8. The van der Waals surface area contributed by atoms with Crippen molar-refractivity contribution < 1.29 is 9.53 Å². The van der Waals surface area contributed by atoms with E-state index < -0.39 is 0 Å². The summed E-state index contributed by atoms with van der Waals surface area (Å²) >= 11 is 0. The monoisotopic (exact) mass is 605 g/mol. The predicted molar refractivity (Wildman–Crippen MR) is 197 cm³/mol. The second kappa shape index (κ2) is 26.8. The number of hydrogen-bond donors (Lipinski definition) is 0. The van der Waals surface area contributed by atoms with E-state index in [9.17, 15) is 4.79 Å². The maximum Gasteiger partial charge on any atom is 0.302 e. The Morgan fingerprint density at radius 3 is 0.818 bits per heavy atom. The van der Waals surface area contributed by atoms with Crippen LogP contribution in [-0.2, 0) is 9.53 Å². The van der Waals surface area contributed by atoms with Gasteiger partial charge in [-0.15, -0.1) is 0 Å². The lowest BCUT2D eigenvalue weighted by Gasteiger charge is -2.04. The molecule has 0 saturated heterocycles. The number of carbonyl (C=O) groups is 1. The molecule has 0 amide bonds. The average Bonchev–Trinajstić information content (AvgIpc) is 2.92. The number of allylic oxidation sites excluding steroid dienone is 15. The van der Waals surface area contributed by atoms with Crippen LogP contribution in [0.25, 0.3) is 0 Å². The second-order valence-electron chi connectivity index (χ2n) is 13.2. The van der Waals surface area contributed by atoms with Crippen molar-refractivity contribution in [2.24, 2.45) is 0 Å². The van der Waals surface area contributed by atoms with Crippen molar-refractivity contribution in [3.8, 4) is 0 Å². The van der Waals surface area contributed by atoms with Crippen molar-refractivity contribution in [3.63, 3.8) is 0 Å². The van der Waals surface area contributed by atoms with Gasteiger partial charge in [-0.1, -0.05) is 87.1 Å². The molecule has 0 heterocycles. The molecule has 0 aromatic carbocycles. The highest BCUT2D eigenvalue weighted by Crippen LogP contribution is 2.17. The summed E-state index contributed by atoms with van der Waals surface area (Å²) in [6.07, 6.45) is 34.8. The molecule has 44 heavy (non-hydrogen) atoms. The molecule has 0 aliphatic carbocycles. The SMILES string of the molecule is CC(=O)OCC=C(C)CCC=C(C)CCC=C(C)CCC=C(C)CCC=C(C)CCC=C(C)CCC=C(C)CCC=C(C)C. The lowest BCUT2D eigenvalue weighted by Crippen LogP contribution is -1.98. The van der Waals surface area contributed by atoms with Crippen LogP contribution in [0.5, 0.6) is 0 Å². The van der Waals surface area contributed by atoms with Crippen LogP contribution in [0.3, 0.4) is 0 Å². The molecule has 0 saturated carbocycles. The van der Waals surface area contributed by atoms with E-state index in [4.69, 9.17) is 4.74 Å².